The van der Waals surface area contributed by atoms with Gasteiger partial charge in [-0.15, -0.1) is 0 Å². The Morgan fingerprint density at radius 2 is 2.17 bits per heavy atom. The van der Waals surface area contributed by atoms with Gasteiger partial charge in [-0.1, -0.05) is 25.4 Å². The number of nitrogens with zero attached hydrogens (tertiary/aromatic N) is 1. The third kappa shape index (κ3) is 2.42. The normalized spacial score (nSPS) is 11.1. The van der Waals surface area contributed by atoms with Crippen LogP contribution in [-0.2, 0) is 6.54 Å². The molecular weight excluding hydrogens is 272 g/mol. The van der Waals surface area contributed by atoms with Crippen molar-refractivity contribution in [3.63, 3.8) is 0 Å². The van der Waals surface area contributed by atoms with Crippen LogP contribution in [0.4, 0.5) is 0 Å². The molecule has 0 saturated heterocycles. The van der Waals surface area contributed by atoms with Crippen LogP contribution in [0.1, 0.15) is 30.9 Å². The van der Waals surface area contributed by atoms with Gasteiger partial charge in [0.1, 0.15) is 5.15 Å². The Morgan fingerprint density at radius 3 is 2.72 bits per heavy atom. The minimum atomic E-state index is -0.472. The summed E-state index contributed by atoms with van der Waals surface area (Å²) in [4.78, 5) is 26.5. The lowest BCUT2D eigenvalue weighted by Gasteiger charge is -2.10. The van der Waals surface area contributed by atoms with Crippen molar-refractivity contribution < 1.29 is 0 Å². The average Bonchev–Trinajstić information content (AvgIpc) is 2.75. The van der Waals surface area contributed by atoms with E-state index < -0.39 is 5.69 Å². The molecule has 18 heavy (non-hydrogen) atoms. The molecule has 2 heterocycles. The molecule has 0 fully saturated rings. The average molecular weight is 285 g/mol. The summed E-state index contributed by atoms with van der Waals surface area (Å²) in [7, 11) is 0. The van der Waals surface area contributed by atoms with Crippen LogP contribution in [0.3, 0.4) is 0 Å². The first-order valence-electron chi connectivity index (χ1n) is 5.54. The lowest BCUT2D eigenvalue weighted by Crippen LogP contribution is -2.38. The van der Waals surface area contributed by atoms with Crippen LogP contribution in [0.2, 0.25) is 5.15 Å². The van der Waals surface area contributed by atoms with Crippen molar-refractivity contribution in [2.24, 2.45) is 0 Å². The highest BCUT2D eigenvalue weighted by molar-refractivity contribution is 7.07. The smallest absolute Gasteiger partial charge is 0.297 e. The molecule has 0 atom stereocenters. The topological polar surface area (TPSA) is 54.9 Å². The molecule has 0 aliphatic carbocycles. The zero-order chi connectivity index (χ0) is 13.3. The predicted octanol–water partition coefficient (Wildman–Crippen LogP) is 2.42. The Hall–Kier alpha value is -1.33. The van der Waals surface area contributed by atoms with Gasteiger partial charge >= 0.3 is 5.69 Å². The maximum absolute atomic E-state index is 12.2. The third-order valence-electron chi connectivity index (χ3n) is 2.67. The summed E-state index contributed by atoms with van der Waals surface area (Å²) in [5, 5.41) is 3.96. The van der Waals surface area contributed by atoms with Gasteiger partial charge < -0.3 is 0 Å². The van der Waals surface area contributed by atoms with Crippen molar-refractivity contribution in [1.82, 2.24) is 9.55 Å². The van der Waals surface area contributed by atoms with Crippen molar-refractivity contribution in [2.75, 3.05) is 0 Å². The number of H-pyrrole nitrogens is 1. The van der Waals surface area contributed by atoms with E-state index in [0.29, 0.717) is 5.56 Å². The van der Waals surface area contributed by atoms with Gasteiger partial charge in [-0.05, 0) is 28.3 Å². The molecule has 0 aliphatic rings. The molecule has 0 bridgehead atoms. The number of halogens is 1. The second-order valence-electron chi connectivity index (χ2n) is 4.34. The Bertz CT molecular complexity index is 656. The van der Waals surface area contributed by atoms with Gasteiger partial charge in [0.05, 0.1) is 12.1 Å². The maximum Gasteiger partial charge on any atom is 0.329 e. The maximum atomic E-state index is 12.2. The Balaban J connectivity index is 2.57. The van der Waals surface area contributed by atoms with Gasteiger partial charge in [-0.25, -0.2) is 4.79 Å². The molecule has 0 aliphatic heterocycles. The summed E-state index contributed by atoms with van der Waals surface area (Å²) < 4.78 is 1.18. The molecule has 0 spiro atoms. The number of aromatic nitrogens is 2. The first kappa shape index (κ1) is 13.1. The van der Waals surface area contributed by atoms with Crippen molar-refractivity contribution in [3.05, 3.63) is 53.9 Å². The number of hydrogen-bond acceptors (Lipinski definition) is 3. The quantitative estimate of drug-likeness (QED) is 0.880. The predicted molar refractivity (Wildman–Crippen MR) is 73.8 cm³/mol. The molecule has 0 unspecified atom stereocenters. The fourth-order valence-corrected chi connectivity index (χ4v) is 2.81. The SMILES string of the molecule is CC(C)c1c(Cl)[nH]c(=O)n(Cc2ccsc2)c1=O. The van der Waals surface area contributed by atoms with Crippen LogP contribution in [0.15, 0.2) is 26.4 Å². The van der Waals surface area contributed by atoms with E-state index in [4.69, 9.17) is 11.6 Å². The van der Waals surface area contributed by atoms with E-state index in [1.807, 2.05) is 30.7 Å². The summed E-state index contributed by atoms with van der Waals surface area (Å²) in [5.74, 6) is -0.0319. The summed E-state index contributed by atoms with van der Waals surface area (Å²) in [6.07, 6.45) is 0. The highest BCUT2D eigenvalue weighted by Gasteiger charge is 2.15. The lowest BCUT2D eigenvalue weighted by atomic mass is 10.1. The van der Waals surface area contributed by atoms with Crippen molar-refractivity contribution in [3.8, 4) is 0 Å². The van der Waals surface area contributed by atoms with E-state index in [2.05, 4.69) is 4.98 Å². The first-order valence-corrected chi connectivity index (χ1v) is 6.86. The van der Waals surface area contributed by atoms with E-state index in [0.717, 1.165) is 5.56 Å². The molecule has 4 nitrogen and oxygen atoms in total. The Morgan fingerprint density at radius 1 is 1.44 bits per heavy atom. The molecular formula is C12H13ClN2O2S. The minimum absolute atomic E-state index is 0.0319. The van der Waals surface area contributed by atoms with Crippen LogP contribution >= 0.6 is 22.9 Å². The van der Waals surface area contributed by atoms with E-state index >= 15 is 0 Å². The number of hydrogen-bond donors (Lipinski definition) is 1. The number of aromatic amines is 1. The lowest BCUT2D eigenvalue weighted by molar-refractivity contribution is 0.671. The van der Waals surface area contributed by atoms with Crippen LogP contribution in [0.5, 0.6) is 0 Å². The van der Waals surface area contributed by atoms with Crippen LogP contribution in [0, 0.1) is 0 Å². The fraction of sp³-hybridized carbons (Fsp3) is 0.333. The van der Waals surface area contributed by atoms with Gasteiger partial charge in [0.15, 0.2) is 0 Å². The first-order chi connectivity index (χ1) is 8.50. The van der Waals surface area contributed by atoms with Crippen LogP contribution in [0.25, 0.3) is 0 Å². The van der Waals surface area contributed by atoms with Gasteiger partial charge in [0.2, 0.25) is 0 Å². The number of thiophene rings is 1. The van der Waals surface area contributed by atoms with Crippen LogP contribution < -0.4 is 11.2 Å². The highest BCUT2D eigenvalue weighted by atomic mass is 35.5. The third-order valence-corrected chi connectivity index (χ3v) is 3.70. The summed E-state index contributed by atoms with van der Waals surface area (Å²) >= 11 is 7.45. The standard InChI is InChI=1S/C12H13ClN2O2S/c1-7(2)9-10(13)14-12(17)15(11(9)16)5-8-3-4-18-6-8/h3-4,6-7H,5H2,1-2H3,(H,14,17). The molecule has 0 amide bonds. The second kappa shape index (κ2) is 5.12. The van der Waals surface area contributed by atoms with Gasteiger partial charge in [-0.3, -0.25) is 14.3 Å². The molecule has 0 saturated carbocycles. The van der Waals surface area contributed by atoms with Gasteiger partial charge in [0.25, 0.3) is 5.56 Å². The molecule has 1 N–H and O–H groups in total. The molecule has 96 valence electrons. The molecule has 2 rings (SSSR count). The van der Waals surface area contributed by atoms with E-state index in [1.165, 1.54) is 15.9 Å². The zero-order valence-electron chi connectivity index (χ0n) is 10.1. The van der Waals surface area contributed by atoms with Crippen molar-refractivity contribution in [2.45, 2.75) is 26.3 Å². The minimum Gasteiger partial charge on any atom is -0.297 e. The zero-order valence-corrected chi connectivity index (χ0v) is 11.6. The van der Waals surface area contributed by atoms with Crippen molar-refractivity contribution >= 4 is 22.9 Å². The monoisotopic (exact) mass is 284 g/mol. The summed E-state index contributed by atoms with van der Waals surface area (Å²) in [5.41, 5.74) is 0.599. The molecule has 6 heteroatoms. The number of rotatable bonds is 3. The second-order valence-corrected chi connectivity index (χ2v) is 5.49. The van der Waals surface area contributed by atoms with E-state index in [-0.39, 0.29) is 23.2 Å². The summed E-state index contributed by atoms with van der Waals surface area (Å²) in [6, 6.07) is 1.89. The largest absolute Gasteiger partial charge is 0.329 e. The highest BCUT2D eigenvalue weighted by Crippen LogP contribution is 2.16. The van der Waals surface area contributed by atoms with Gasteiger partial charge in [-0.2, -0.15) is 11.3 Å². The van der Waals surface area contributed by atoms with Crippen molar-refractivity contribution in [1.29, 1.82) is 0 Å². The molecule has 2 aromatic heterocycles. The Labute approximate surface area is 113 Å². The Kier molecular flexibility index (Phi) is 3.73. The fourth-order valence-electron chi connectivity index (χ4n) is 1.77. The van der Waals surface area contributed by atoms with Gasteiger partial charge in [0, 0.05) is 0 Å². The van der Waals surface area contributed by atoms with E-state index in [9.17, 15) is 9.59 Å². The van der Waals surface area contributed by atoms with Crippen LogP contribution in [-0.4, -0.2) is 9.55 Å². The molecule has 2 aromatic rings. The molecule has 0 aromatic carbocycles. The number of nitrogens with one attached hydrogen (secondary N) is 1. The molecule has 0 radical (unpaired) electrons. The summed E-state index contributed by atoms with van der Waals surface area (Å²) in [6.45, 7) is 4.01. The van der Waals surface area contributed by atoms with E-state index in [1.54, 1.807) is 0 Å².